The third-order valence-corrected chi connectivity index (χ3v) is 5.47. The summed E-state index contributed by atoms with van der Waals surface area (Å²) in [4.78, 5) is 2.13. The molecule has 2 aliphatic heterocycles. The first-order valence-corrected chi connectivity index (χ1v) is 8.69. The van der Waals surface area contributed by atoms with Gasteiger partial charge in [-0.1, -0.05) is 30.3 Å². The van der Waals surface area contributed by atoms with E-state index in [-0.39, 0.29) is 11.9 Å². The minimum Gasteiger partial charge on any atom is -0.491 e. The number of nitrogens with zero attached hydrogens (tertiary/aromatic N) is 1. The van der Waals surface area contributed by atoms with E-state index in [9.17, 15) is 14.6 Å². The summed E-state index contributed by atoms with van der Waals surface area (Å²) >= 11 is 0. The fourth-order valence-corrected chi connectivity index (χ4v) is 3.92. The molecule has 2 aliphatic rings. The lowest BCUT2D eigenvalue weighted by Gasteiger charge is -2.44. The molecule has 2 atom stereocenters. The second kappa shape index (κ2) is 6.41. The lowest BCUT2D eigenvalue weighted by molar-refractivity contribution is -0.0665. The van der Waals surface area contributed by atoms with Gasteiger partial charge in [-0.25, -0.2) is 4.39 Å². The Bertz CT molecular complexity index is 744. The van der Waals surface area contributed by atoms with Gasteiger partial charge < -0.3 is 14.9 Å². The number of ether oxygens (including phenoxy) is 1. The molecular formula is C20H22FNO3. The maximum Gasteiger partial charge on any atom is 0.125 e. The molecule has 1 fully saturated rings. The summed E-state index contributed by atoms with van der Waals surface area (Å²) in [6.07, 6.45) is 0.398. The quantitative estimate of drug-likeness (QED) is 0.880. The van der Waals surface area contributed by atoms with Crippen molar-refractivity contribution in [2.45, 2.75) is 30.6 Å². The predicted molar refractivity (Wildman–Crippen MR) is 91.8 cm³/mol. The first-order chi connectivity index (χ1) is 12.1. The Labute approximate surface area is 146 Å². The van der Waals surface area contributed by atoms with Crippen LogP contribution in [-0.2, 0) is 5.60 Å². The molecular weight excluding hydrogens is 321 g/mol. The molecule has 4 rings (SSSR count). The third kappa shape index (κ3) is 3.03. The topological polar surface area (TPSA) is 52.9 Å². The van der Waals surface area contributed by atoms with E-state index in [0.717, 1.165) is 5.56 Å². The predicted octanol–water partition coefficient (Wildman–Crippen LogP) is 2.60. The van der Waals surface area contributed by atoms with E-state index in [0.29, 0.717) is 43.9 Å². The highest BCUT2D eigenvalue weighted by Gasteiger charge is 2.40. The van der Waals surface area contributed by atoms with Crippen molar-refractivity contribution in [3.63, 3.8) is 0 Å². The van der Waals surface area contributed by atoms with E-state index >= 15 is 0 Å². The van der Waals surface area contributed by atoms with Crippen LogP contribution in [0.5, 0.6) is 5.75 Å². The fraction of sp³-hybridized carbons (Fsp3) is 0.400. The SMILES string of the molecule is O[C@H]1c2cc(F)ccc2OC[C@H]1N1CCC(O)(c2ccccc2)CC1. The molecule has 2 aromatic rings. The van der Waals surface area contributed by atoms with Crippen molar-refractivity contribution in [1.29, 1.82) is 0 Å². The highest BCUT2D eigenvalue weighted by Crippen LogP contribution is 2.38. The second-order valence-electron chi connectivity index (χ2n) is 6.94. The molecule has 0 spiro atoms. The van der Waals surface area contributed by atoms with Gasteiger partial charge in [0.1, 0.15) is 24.3 Å². The van der Waals surface area contributed by atoms with Crippen molar-refractivity contribution in [1.82, 2.24) is 4.90 Å². The Morgan fingerprint density at radius 1 is 1.08 bits per heavy atom. The first-order valence-electron chi connectivity index (χ1n) is 8.69. The van der Waals surface area contributed by atoms with Crippen molar-refractivity contribution in [3.8, 4) is 5.75 Å². The summed E-state index contributed by atoms with van der Waals surface area (Å²) in [5, 5.41) is 21.6. The van der Waals surface area contributed by atoms with Gasteiger partial charge in [-0.15, -0.1) is 0 Å². The van der Waals surface area contributed by atoms with Gasteiger partial charge in [0, 0.05) is 18.7 Å². The van der Waals surface area contributed by atoms with Crippen LogP contribution in [0.4, 0.5) is 4.39 Å². The second-order valence-corrected chi connectivity index (χ2v) is 6.94. The number of benzene rings is 2. The van der Waals surface area contributed by atoms with E-state index in [2.05, 4.69) is 4.90 Å². The zero-order valence-electron chi connectivity index (χ0n) is 13.9. The number of aliphatic hydroxyl groups is 2. The van der Waals surface area contributed by atoms with Crippen LogP contribution in [0.2, 0.25) is 0 Å². The van der Waals surface area contributed by atoms with Gasteiger partial charge in [0.25, 0.3) is 0 Å². The molecule has 0 aliphatic carbocycles. The lowest BCUT2D eigenvalue weighted by Crippen LogP contribution is -2.52. The van der Waals surface area contributed by atoms with E-state index in [1.165, 1.54) is 12.1 Å². The molecule has 1 saturated heterocycles. The fourth-order valence-electron chi connectivity index (χ4n) is 3.92. The van der Waals surface area contributed by atoms with Crippen LogP contribution in [0.25, 0.3) is 0 Å². The summed E-state index contributed by atoms with van der Waals surface area (Å²) in [5.41, 5.74) is 0.602. The molecule has 0 amide bonds. The highest BCUT2D eigenvalue weighted by molar-refractivity contribution is 5.38. The van der Waals surface area contributed by atoms with Crippen LogP contribution in [0.1, 0.15) is 30.1 Å². The van der Waals surface area contributed by atoms with Crippen LogP contribution in [-0.4, -0.2) is 40.9 Å². The van der Waals surface area contributed by atoms with E-state index in [4.69, 9.17) is 4.74 Å². The Hall–Kier alpha value is -1.95. The molecule has 2 heterocycles. The molecule has 0 unspecified atom stereocenters. The van der Waals surface area contributed by atoms with Crippen LogP contribution in [0, 0.1) is 5.82 Å². The zero-order valence-corrected chi connectivity index (χ0v) is 13.9. The minimum atomic E-state index is -0.831. The van der Waals surface area contributed by atoms with Gasteiger partial charge in [-0.3, -0.25) is 4.90 Å². The maximum atomic E-state index is 13.5. The number of likely N-dealkylation sites (tertiary alicyclic amines) is 1. The summed E-state index contributed by atoms with van der Waals surface area (Å²) in [6.45, 7) is 1.67. The van der Waals surface area contributed by atoms with Gasteiger partial charge >= 0.3 is 0 Å². The monoisotopic (exact) mass is 343 g/mol. The summed E-state index contributed by atoms with van der Waals surface area (Å²) in [6, 6.07) is 13.7. The molecule has 0 saturated carbocycles. The summed E-state index contributed by atoms with van der Waals surface area (Å²) in [7, 11) is 0. The molecule has 2 N–H and O–H groups in total. The molecule has 4 nitrogen and oxygen atoms in total. The molecule has 5 heteroatoms. The maximum absolute atomic E-state index is 13.5. The minimum absolute atomic E-state index is 0.227. The lowest BCUT2D eigenvalue weighted by atomic mass is 9.83. The van der Waals surface area contributed by atoms with Gasteiger partial charge in [-0.2, -0.15) is 0 Å². The number of halogens is 1. The zero-order chi connectivity index (χ0) is 17.4. The van der Waals surface area contributed by atoms with Gasteiger partial charge in [-0.05, 0) is 36.6 Å². The number of hydrogen-bond donors (Lipinski definition) is 2. The average molecular weight is 343 g/mol. The largest absolute Gasteiger partial charge is 0.491 e. The molecule has 132 valence electrons. The Morgan fingerprint density at radius 3 is 2.52 bits per heavy atom. The van der Waals surface area contributed by atoms with Crippen molar-refractivity contribution in [2.75, 3.05) is 19.7 Å². The summed E-state index contributed by atoms with van der Waals surface area (Å²) in [5.74, 6) is 0.169. The Kier molecular flexibility index (Phi) is 4.23. The number of hydrogen-bond acceptors (Lipinski definition) is 4. The number of rotatable bonds is 2. The number of fused-ring (bicyclic) bond motifs is 1. The Balaban J connectivity index is 1.48. The molecule has 25 heavy (non-hydrogen) atoms. The number of aliphatic hydroxyl groups excluding tert-OH is 1. The standard InChI is InChI=1S/C20H22FNO3/c21-15-6-7-18-16(12-15)19(23)17(13-25-18)22-10-8-20(24,9-11-22)14-4-2-1-3-5-14/h1-7,12,17,19,23-24H,8-11,13H2/t17-,19+/m1/s1. The van der Waals surface area contributed by atoms with E-state index in [1.807, 2.05) is 30.3 Å². The van der Waals surface area contributed by atoms with Crippen LogP contribution < -0.4 is 4.74 Å². The third-order valence-electron chi connectivity index (χ3n) is 5.47. The molecule has 0 aromatic heterocycles. The van der Waals surface area contributed by atoms with Crippen molar-refractivity contribution >= 4 is 0 Å². The number of piperidine rings is 1. The molecule has 2 aromatic carbocycles. The van der Waals surface area contributed by atoms with Gasteiger partial charge in [0.2, 0.25) is 0 Å². The highest BCUT2D eigenvalue weighted by atomic mass is 19.1. The van der Waals surface area contributed by atoms with Crippen molar-refractivity contribution < 1.29 is 19.3 Å². The van der Waals surface area contributed by atoms with Crippen LogP contribution in [0.15, 0.2) is 48.5 Å². The molecule has 0 bridgehead atoms. The first kappa shape index (κ1) is 16.5. The van der Waals surface area contributed by atoms with Crippen LogP contribution in [0.3, 0.4) is 0 Å². The smallest absolute Gasteiger partial charge is 0.125 e. The summed E-state index contributed by atoms with van der Waals surface area (Å²) < 4.78 is 19.2. The normalized spacial score (nSPS) is 25.9. The van der Waals surface area contributed by atoms with Gasteiger partial charge in [0.05, 0.1) is 11.6 Å². The Morgan fingerprint density at radius 2 is 1.80 bits per heavy atom. The van der Waals surface area contributed by atoms with E-state index < -0.39 is 11.7 Å². The van der Waals surface area contributed by atoms with Crippen molar-refractivity contribution in [3.05, 3.63) is 65.5 Å². The van der Waals surface area contributed by atoms with E-state index in [1.54, 1.807) is 6.07 Å². The average Bonchev–Trinajstić information content (AvgIpc) is 2.64. The van der Waals surface area contributed by atoms with Gasteiger partial charge in [0.15, 0.2) is 0 Å². The van der Waals surface area contributed by atoms with Crippen molar-refractivity contribution in [2.24, 2.45) is 0 Å². The molecule has 0 radical (unpaired) electrons. The van der Waals surface area contributed by atoms with Crippen LogP contribution >= 0.6 is 0 Å².